The number of hydrogen-bond donors (Lipinski definition) is 0. The molecule has 0 spiro atoms. The highest BCUT2D eigenvalue weighted by Gasteiger charge is 2.11. The highest BCUT2D eigenvalue weighted by Crippen LogP contribution is 2.33. The van der Waals surface area contributed by atoms with Gasteiger partial charge in [0.05, 0.1) is 25.0 Å². The maximum atomic E-state index is 13.8. The lowest BCUT2D eigenvalue weighted by atomic mass is 10.1. The minimum absolute atomic E-state index is 0.0737. The summed E-state index contributed by atoms with van der Waals surface area (Å²) in [5, 5.41) is 13.1. The van der Waals surface area contributed by atoms with E-state index in [2.05, 4.69) is 27.2 Å². The lowest BCUT2D eigenvalue weighted by Gasteiger charge is -2.13. The van der Waals surface area contributed by atoms with Gasteiger partial charge in [-0.1, -0.05) is 41.6 Å². The number of methoxy groups -OCH3 is 1. The van der Waals surface area contributed by atoms with Crippen LogP contribution in [0.3, 0.4) is 0 Å². The molecule has 30 heavy (non-hydrogen) atoms. The first-order valence-corrected chi connectivity index (χ1v) is 9.78. The molecule has 0 unspecified atom stereocenters. The molecule has 0 radical (unpaired) electrons. The van der Waals surface area contributed by atoms with E-state index in [1.165, 1.54) is 19.4 Å². The number of benzene rings is 3. The molecule has 0 saturated heterocycles. The predicted molar refractivity (Wildman–Crippen MR) is 115 cm³/mol. The molecule has 152 valence electrons. The Morgan fingerprint density at radius 3 is 2.50 bits per heavy atom. The topological polar surface area (TPSA) is 63.8 Å². The molecule has 5 nitrogen and oxygen atoms in total. The molecule has 0 aliphatic rings. The Bertz CT molecular complexity index is 1100. The van der Waals surface area contributed by atoms with Gasteiger partial charge in [-0.3, -0.25) is 0 Å². The van der Waals surface area contributed by atoms with Gasteiger partial charge in [-0.2, -0.15) is 5.26 Å². The van der Waals surface area contributed by atoms with Crippen molar-refractivity contribution >= 4 is 22.1 Å². The van der Waals surface area contributed by atoms with Gasteiger partial charge in [0, 0.05) is 21.2 Å². The SMILES string of the molecule is COc1cc(/C=N\OCc2ccccc2C#N)c(Br)cc1OCc1ccccc1F. The molecule has 3 rings (SSSR count). The fourth-order valence-corrected chi connectivity index (χ4v) is 3.07. The number of halogens is 2. The molecule has 0 fully saturated rings. The van der Waals surface area contributed by atoms with Crippen LogP contribution in [0.2, 0.25) is 0 Å². The Hall–Kier alpha value is -3.37. The Morgan fingerprint density at radius 1 is 1.03 bits per heavy atom. The van der Waals surface area contributed by atoms with Gasteiger partial charge in [-0.15, -0.1) is 0 Å². The zero-order chi connectivity index (χ0) is 21.3. The summed E-state index contributed by atoms with van der Waals surface area (Å²) >= 11 is 3.47. The van der Waals surface area contributed by atoms with Gasteiger partial charge in [0.2, 0.25) is 0 Å². The molecule has 3 aromatic rings. The van der Waals surface area contributed by atoms with E-state index in [4.69, 9.17) is 19.6 Å². The van der Waals surface area contributed by atoms with Crippen molar-refractivity contribution in [2.75, 3.05) is 7.11 Å². The van der Waals surface area contributed by atoms with Crippen LogP contribution in [-0.2, 0) is 18.1 Å². The lowest BCUT2D eigenvalue weighted by molar-refractivity contribution is 0.132. The van der Waals surface area contributed by atoms with E-state index in [-0.39, 0.29) is 19.0 Å². The maximum absolute atomic E-state index is 13.8. The summed E-state index contributed by atoms with van der Waals surface area (Å²) in [4.78, 5) is 5.33. The molecule has 0 amide bonds. The highest BCUT2D eigenvalue weighted by molar-refractivity contribution is 9.10. The predicted octanol–water partition coefficient (Wildman–Crippen LogP) is 5.60. The summed E-state index contributed by atoms with van der Waals surface area (Å²) < 4.78 is 25.6. The van der Waals surface area contributed by atoms with Crippen LogP contribution in [-0.4, -0.2) is 13.3 Å². The average Bonchev–Trinajstić information content (AvgIpc) is 2.77. The largest absolute Gasteiger partial charge is 0.493 e. The van der Waals surface area contributed by atoms with E-state index in [9.17, 15) is 4.39 Å². The van der Waals surface area contributed by atoms with Crippen LogP contribution in [0.5, 0.6) is 11.5 Å². The van der Waals surface area contributed by atoms with Crippen LogP contribution in [0, 0.1) is 17.1 Å². The third-order valence-electron chi connectivity index (χ3n) is 4.25. The molecule has 0 aliphatic carbocycles. The standard InChI is InChI=1S/C23H18BrFN2O3/c1-28-22-10-19(13-27-30-15-17-7-3-2-6-16(17)12-26)20(24)11-23(22)29-14-18-8-4-5-9-21(18)25/h2-11,13H,14-15H2,1H3/b27-13-. The van der Waals surface area contributed by atoms with Crippen molar-refractivity contribution in [3.05, 3.63) is 93.2 Å². The van der Waals surface area contributed by atoms with E-state index in [1.54, 1.807) is 42.5 Å². The third kappa shape index (κ3) is 5.37. The summed E-state index contributed by atoms with van der Waals surface area (Å²) in [6.45, 7) is 0.253. The first kappa shape index (κ1) is 21.3. The zero-order valence-corrected chi connectivity index (χ0v) is 17.7. The van der Waals surface area contributed by atoms with Crippen molar-refractivity contribution in [1.29, 1.82) is 5.26 Å². The summed E-state index contributed by atoms with van der Waals surface area (Å²) in [6, 6.07) is 19.2. The minimum atomic E-state index is -0.325. The third-order valence-corrected chi connectivity index (χ3v) is 4.93. The molecule has 0 heterocycles. The number of oxime groups is 1. The first-order valence-electron chi connectivity index (χ1n) is 8.99. The van der Waals surface area contributed by atoms with Gasteiger partial charge in [0.25, 0.3) is 0 Å². The van der Waals surface area contributed by atoms with Crippen LogP contribution in [0.15, 0.2) is 70.3 Å². The molecular formula is C23H18BrFN2O3. The van der Waals surface area contributed by atoms with Crippen LogP contribution in [0.25, 0.3) is 0 Å². The van der Waals surface area contributed by atoms with E-state index < -0.39 is 0 Å². The molecule has 0 aromatic heterocycles. The van der Waals surface area contributed by atoms with Crippen molar-refractivity contribution in [2.24, 2.45) is 5.16 Å². The molecule has 3 aromatic carbocycles. The van der Waals surface area contributed by atoms with Gasteiger partial charge < -0.3 is 14.3 Å². The van der Waals surface area contributed by atoms with Crippen molar-refractivity contribution < 1.29 is 18.7 Å². The van der Waals surface area contributed by atoms with E-state index in [0.29, 0.717) is 32.7 Å². The highest BCUT2D eigenvalue weighted by atomic mass is 79.9. The van der Waals surface area contributed by atoms with E-state index >= 15 is 0 Å². The molecule has 0 N–H and O–H groups in total. The zero-order valence-electron chi connectivity index (χ0n) is 16.1. The van der Waals surface area contributed by atoms with Crippen LogP contribution in [0.1, 0.15) is 22.3 Å². The number of hydrogen-bond acceptors (Lipinski definition) is 5. The van der Waals surface area contributed by atoms with Gasteiger partial charge in [0.15, 0.2) is 11.5 Å². The monoisotopic (exact) mass is 468 g/mol. The fourth-order valence-electron chi connectivity index (χ4n) is 2.65. The normalized spacial score (nSPS) is 10.6. The second kappa shape index (κ2) is 10.4. The molecule has 0 atom stereocenters. The van der Waals surface area contributed by atoms with Crippen molar-refractivity contribution in [2.45, 2.75) is 13.2 Å². The van der Waals surface area contributed by atoms with Crippen molar-refractivity contribution in [3.8, 4) is 17.6 Å². The van der Waals surface area contributed by atoms with Crippen LogP contribution < -0.4 is 9.47 Å². The van der Waals surface area contributed by atoms with E-state index in [0.717, 1.165) is 5.56 Å². The Balaban J connectivity index is 1.68. The number of nitrogens with zero attached hydrogens (tertiary/aromatic N) is 2. The Kier molecular flexibility index (Phi) is 7.41. The summed E-state index contributed by atoms with van der Waals surface area (Å²) in [5.74, 6) is 0.619. The maximum Gasteiger partial charge on any atom is 0.162 e. The van der Waals surface area contributed by atoms with Crippen molar-refractivity contribution in [1.82, 2.24) is 0 Å². The lowest BCUT2D eigenvalue weighted by Crippen LogP contribution is -2.01. The van der Waals surface area contributed by atoms with Crippen LogP contribution in [0.4, 0.5) is 4.39 Å². The molecule has 0 saturated carbocycles. The second-order valence-electron chi connectivity index (χ2n) is 6.18. The first-order chi connectivity index (χ1) is 14.6. The molecule has 7 heteroatoms. The van der Waals surface area contributed by atoms with Gasteiger partial charge >= 0.3 is 0 Å². The Labute approximate surface area is 182 Å². The Morgan fingerprint density at radius 2 is 1.77 bits per heavy atom. The number of ether oxygens (including phenoxy) is 2. The number of rotatable bonds is 8. The minimum Gasteiger partial charge on any atom is -0.493 e. The smallest absolute Gasteiger partial charge is 0.162 e. The average molecular weight is 469 g/mol. The molecular weight excluding hydrogens is 451 g/mol. The summed E-state index contributed by atoms with van der Waals surface area (Å²) in [7, 11) is 1.52. The second-order valence-corrected chi connectivity index (χ2v) is 7.04. The van der Waals surface area contributed by atoms with Gasteiger partial charge in [-0.05, 0) is 40.2 Å². The quantitative estimate of drug-likeness (QED) is 0.318. The van der Waals surface area contributed by atoms with E-state index in [1.807, 2.05) is 12.1 Å². The van der Waals surface area contributed by atoms with Gasteiger partial charge in [0.1, 0.15) is 19.0 Å². The summed E-state index contributed by atoms with van der Waals surface area (Å²) in [5.41, 5.74) is 2.46. The van der Waals surface area contributed by atoms with Crippen LogP contribution >= 0.6 is 15.9 Å². The van der Waals surface area contributed by atoms with Gasteiger partial charge in [-0.25, -0.2) is 4.39 Å². The molecule has 0 aliphatic heterocycles. The van der Waals surface area contributed by atoms with Crippen molar-refractivity contribution in [3.63, 3.8) is 0 Å². The molecule has 0 bridgehead atoms. The number of nitriles is 1. The fraction of sp³-hybridized carbons (Fsp3) is 0.130. The summed E-state index contributed by atoms with van der Waals surface area (Å²) in [6.07, 6.45) is 1.53.